The molecule has 0 radical (unpaired) electrons. The molecule has 0 bridgehead atoms. The average Bonchev–Trinajstić information content (AvgIpc) is 2.75. The van der Waals surface area contributed by atoms with E-state index in [4.69, 9.17) is 39.5 Å². The van der Waals surface area contributed by atoms with E-state index < -0.39 is 17.8 Å². The van der Waals surface area contributed by atoms with Crippen LogP contribution >= 0.6 is 34.8 Å². The summed E-state index contributed by atoms with van der Waals surface area (Å²) in [7, 11) is 0. The number of nitrogens with zero attached hydrogens (tertiary/aromatic N) is 1. The molecular formula is C24H23Cl3N2O4. The van der Waals surface area contributed by atoms with Crippen molar-refractivity contribution in [3.63, 3.8) is 0 Å². The minimum absolute atomic E-state index is 0.244. The van der Waals surface area contributed by atoms with Crippen molar-refractivity contribution >= 4 is 64.4 Å². The number of urea groups is 1. The number of carbonyl (C=O) groups is 3. The Labute approximate surface area is 207 Å². The molecule has 4 amide bonds. The van der Waals surface area contributed by atoms with E-state index >= 15 is 0 Å². The van der Waals surface area contributed by atoms with Crippen LogP contribution < -0.4 is 15.0 Å². The van der Waals surface area contributed by atoms with Crippen molar-refractivity contribution in [1.29, 1.82) is 0 Å². The van der Waals surface area contributed by atoms with Gasteiger partial charge in [-0.1, -0.05) is 67.1 Å². The van der Waals surface area contributed by atoms with Crippen LogP contribution in [0.3, 0.4) is 0 Å². The summed E-state index contributed by atoms with van der Waals surface area (Å²) in [5.74, 6) is -1.25. The number of hydrogen-bond acceptors (Lipinski definition) is 4. The molecular weight excluding hydrogens is 487 g/mol. The molecule has 0 aliphatic carbocycles. The fraction of sp³-hybridized carbons (Fsp3) is 0.292. The van der Waals surface area contributed by atoms with Crippen molar-refractivity contribution in [2.24, 2.45) is 0 Å². The van der Waals surface area contributed by atoms with Gasteiger partial charge in [-0.2, -0.15) is 0 Å². The van der Waals surface area contributed by atoms with Gasteiger partial charge < -0.3 is 4.74 Å². The Morgan fingerprint density at radius 3 is 2.30 bits per heavy atom. The summed E-state index contributed by atoms with van der Waals surface area (Å²) in [5, 5.41) is 3.07. The molecule has 0 spiro atoms. The first-order chi connectivity index (χ1) is 15.7. The molecule has 1 aliphatic rings. The molecule has 0 unspecified atom stereocenters. The van der Waals surface area contributed by atoms with Crippen LogP contribution in [0.25, 0.3) is 6.08 Å². The molecule has 0 atom stereocenters. The maximum absolute atomic E-state index is 13.1. The van der Waals surface area contributed by atoms with Gasteiger partial charge in [0.2, 0.25) is 0 Å². The fourth-order valence-corrected chi connectivity index (χ4v) is 4.07. The summed E-state index contributed by atoms with van der Waals surface area (Å²) in [5.41, 5.74) is 1.20. The zero-order chi connectivity index (χ0) is 24.1. The Kier molecular flexibility index (Phi) is 8.40. The highest BCUT2D eigenvalue weighted by atomic mass is 35.5. The molecule has 1 saturated heterocycles. The van der Waals surface area contributed by atoms with Crippen LogP contribution in [0.5, 0.6) is 5.75 Å². The summed E-state index contributed by atoms with van der Waals surface area (Å²) in [6.07, 6.45) is 5.51. The molecule has 0 saturated carbocycles. The van der Waals surface area contributed by atoms with E-state index in [1.807, 2.05) is 0 Å². The van der Waals surface area contributed by atoms with Crippen LogP contribution in [-0.2, 0) is 9.59 Å². The summed E-state index contributed by atoms with van der Waals surface area (Å²) in [6.45, 7) is 4.41. The van der Waals surface area contributed by atoms with Crippen LogP contribution in [0.2, 0.25) is 15.1 Å². The minimum atomic E-state index is -0.857. The second-order valence-electron chi connectivity index (χ2n) is 7.61. The summed E-state index contributed by atoms with van der Waals surface area (Å²) >= 11 is 18.8. The van der Waals surface area contributed by atoms with Crippen LogP contribution in [0, 0.1) is 6.92 Å². The molecule has 1 heterocycles. The van der Waals surface area contributed by atoms with Gasteiger partial charge in [-0.05, 0) is 54.8 Å². The van der Waals surface area contributed by atoms with E-state index in [1.54, 1.807) is 31.2 Å². The van der Waals surface area contributed by atoms with Gasteiger partial charge in [0, 0.05) is 5.02 Å². The number of hydrogen-bond donors (Lipinski definition) is 1. The highest BCUT2D eigenvalue weighted by molar-refractivity contribution is 6.40. The quantitative estimate of drug-likeness (QED) is 0.248. The zero-order valence-electron chi connectivity index (χ0n) is 18.2. The van der Waals surface area contributed by atoms with E-state index in [1.165, 1.54) is 12.1 Å². The number of rotatable bonds is 8. The number of unbranched alkanes of at least 4 members (excludes halogenated alkanes) is 3. The van der Waals surface area contributed by atoms with Crippen molar-refractivity contribution in [3.8, 4) is 5.75 Å². The first-order valence-corrected chi connectivity index (χ1v) is 11.7. The zero-order valence-corrected chi connectivity index (χ0v) is 20.5. The van der Waals surface area contributed by atoms with Crippen molar-refractivity contribution in [1.82, 2.24) is 5.32 Å². The third kappa shape index (κ3) is 5.88. The van der Waals surface area contributed by atoms with Crippen LogP contribution in [0.1, 0.15) is 43.7 Å². The van der Waals surface area contributed by atoms with E-state index in [0.29, 0.717) is 22.9 Å². The summed E-state index contributed by atoms with van der Waals surface area (Å²) in [4.78, 5) is 38.7. The standard InChI is InChI=1S/C24H23Cl3N2O4/c1-3-4-5-6-9-33-21-19(26)11-15(12-20(21)27)10-17-22(30)28-24(32)29(23(17)31)16-8-7-14(2)18(25)13-16/h7-8,10-13H,3-6,9H2,1-2H3,(H,28,30,32)/b17-10+. The maximum atomic E-state index is 13.1. The highest BCUT2D eigenvalue weighted by Crippen LogP contribution is 2.35. The van der Waals surface area contributed by atoms with Crippen molar-refractivity contribution in [2.45, 2.75) is 39.5 Å². The predicted octanol–water partition coefficient (Wildman–Crippen LogP) is 6.58. The molecule has 1 aliphatic heterocycles. The normalized spacial score (nSPS) is 15.2. The lowest BCUT2D eigenvalue weighted by Gasteiger charge is -2.26. The number of aryl methyl sites for hydroxylation is 1. The van der Waals surface area contributed by atoms with Gasteiger partial charge in [0.05, 0.1) is 22.3 Å². The lowest BCUT2D eigenvalue weighted by molar-refractivity contribution is -0.122. The van der Waals surface area contributed by atoms with Gasteiger partial charge in [-0.25, -0.2) is 9.69 Å². The summed E-state index contributed by atoms with van der Waals surface area (Å²) < 4.78 is 5.71. The van der Waals surface area contributed by atoms with E-state index in [-0.39, 0.29) is 21.3 Å². The van der Waals surface area contributed by atoms with Gasteiger partial charge >= 0.3 is 6.03 Å². The Morgan fingerprint density at radius 2 is 1.67 bits per heavy atom. The van der Waals surface area contributed by atoms with Gasteiger partial charge in [-0.15, -0.1) is 0 Å². The Bertz CT molecular complexity index is 1110. The van der Waals surface area contributed by atoms with Gasteiger partial charge in [0.1, 0.15) is 5.57 Å². The Hall–Kier alpha value is -2.54. The van der Waals surface area contributed by atoms with Gasteiger partial charge in [0.15, 0.2) is 5.75 Å². The monoisotopic (exact) mass is 508 g/mol. The molecule has 0 aromatic heterocycles. The van der Waals surface area contributed by atoms with Crippen molar-refractivity contribution in [2.75, 3.05) is 11.5 Å². The molecule has 2 aromatic carbocycles. The molecule has 1 N–H and O–H groups in total. The smallest absolute Gasteiger partial charge is 0.335 e. The van der Waals surface area contributed by atoms with E-state index in [2.05, 4.69) is 12.2 Å². The molecule has 9 heteroatoms. The largest absolute Gasteiger partial charge is 0.490 e. The number of barbiturate groups is 1. The lowest BCUT2D eigenvalue weighted by Crippen LogP contribution is -2.54. The second-order valence-corrected chi connectivity index (χ2v) is 8.84. The van der Waals surface area contributed by atoms with E-state index in [9.17, 15) is 14.4 Å². The Morgan fingerprint density at radius 1 is 0.970 bits per heavy atom. The van der Waals surface area contributed by atoms with Crippen LogP contribution in [-0.4, -0.2) is 24.5 Å². The van der Waals surface area contributed by atoms with Crippen LogP contribution in [0.4, 0.5) is 10.5 Å². The number of anilines is 1. The number of halogens is 3. The topological polar surface area (TPSA) is 75.7 Å². The minimum Gasteiger partial charge on any atom is -0.490 e. The molecule has 33 heavy (non-hydrogen) atoms. The predicted molar refractivity (Wildman–Crippen MR) is 131 cm³/mol. The second kappa shape index (κ2) is 11.1. The molecule has 3 rings (SSSR count). The van der Waals surface area contributed by atoms with E-state index in [0.717, 1.165) is 36.1 Å². The average molecular weight is 510 g/mol. The third-order valence-corrected chi connectivity index (χ3v) is 6.06. The van der Waals surface area contributed by atoms with Crippen molar-refractivity contribution < 1.29 is 19.1 Å². The number of amides is 4. The van der Waals surface area contributed by atoms with Gasteiger partial charge in [0.25, 0.3) is 11.8 Å². The van der Waals surface area contributed by atoms with Gasteiger partial charge in [-0.3, -0.25) is 14.9 Å². The maximum Gasteiger partial charge on any atom is 0.335 e. The van der Waals surface area contributed by atoms with Crippen molar-refractivity contribution in [3.05, 3.63) is 62.1 Å². The number of carbonyl (C=O) groups excluding carboxylic acids is 3. The SMILES string of the molecule is CCCCCCOc1c(Cl)cc(/C=C2\C(=O)NC(=O)N(c3ccc(C)c(Cl)c3)C2=O)cc1Cl. The lowest BCUT2D eigenvalue weighted by atomic mass is 10.1. The fourth-order valence-electron chi connectivity index (χ4n) is 3.28. The number of imide groups is 2. The first-order valence-electron chi connectivity index (χ1n) is 10.5. The molecule has 6 nitrogen and oxygen atoms in total. The Balaban J connectivity index is 1.86. The third-order valence-electron chi connectivity index (χ3n) is 5.09. The highest BCUT2D eigenvalue weighted by Gasteiger charge is 2.37. The number of nitrogens with one attached hydrogen (secondary N) is 1. The molecule has 1 fully saturated rings. The first kappa shape index (κ1) is 25.1. The summed E-state index contributed by atoms with van der Waals surface area (Å²) in [6, 6.07) is 6.98. The molecule has 2 aromatic rings. The number of ether oxygens (including phenoxy) is 1. The molecule has 174 valence electrons. The number of benzene rings is 2. The van der Waals surface area contributed by atoms with Crippen LogP contribution in [0.15, 0.2) is 35.9 Å².